The fourth-order valence-electron chi connectivity index (χ4n) is 1.41. The summed E-state index contributed by atoms with van der Waals surface area (Å²) in [6, 6.07) is 0. The average molecular weight is 209 g/mol. The zero-order valence-corrected chi connectivity index (χ0v) is 8.82. The van der Waals surface area contributed by atoms with Crippen molar-refractivity contribution >= 4 is 18.3 Å². The number of carbonyl (C=O) groups is 1. The minimum atomic E-state index is -0.306. The number of amides is 1. The predicted octanol–water partition coefficient (Wildman–Crippen LogP) is 0.0506. The summed E-state index contributed by atoms with van der Waals surface area (Å²) in [6.45, 7) is 5.52. The molecular weight excluding hydrogens is 192 g/mol. The fraction of sp³-hybridized carbons (Fsp3) is 0.875. The number of rotatable bonds is 2. The molecule has 1 rings (SSSR count). The molecule has 1 atom stereocenters. The third-order valence-electron chi connectivity index (χ3n) is 1.84. The van der Waals surface area contributed by atoms with Gasteiger partial charge in [-0.25, -0.2) is 0 Å². The van der Waals surface area contributed by atoms with E-state index < -0.39 is 0 Å². The van der Waals surface area contributed by atoms with Gasteiger partial charge in [-0.1, -0.05) is 0 Å². The Bertz CT molecular complexity index is 185. The summed E-state index contributed by atoms with van der Waals surface area (Å²) >= 11 is 0. The lowest BCUT2D eigenvalue weighted by Gasteiger charge is -2.36. The standard InChI is InChI=1S/C8H16N2O2.ClH/c1-8(2)5-10-4-6(12-8)3-7(9)11;/h6,10H,3-5H2,1-2H3,(H2,9,11);1H. The van der Waals surface area contributed by atoms with Crippen molar-refractivity contribution in [2.45, 2.75) is 32.0 Å². The van der Waals surface area contributed by atoms with Gasteiger partial charge in [0.15, 0.2) is 0 Å². The first-order chi connectivity index (χ1) is 5.49. The Morgan fingerprint density at radius 2 is 2.31 bits per heavy atom. The van der Waals surface area contributed by atoms with Crippen LogP contribution >= 0.6 is 12.4 Å². The Morgan fingerprint density at radius 1 is 1.69 bits per heavy atom. The van der Waals surface area contributed by atoms with Crippen LogP contribution in [0.3, 0.4) is 0 Å². The van der Waals surface area contributed by atoms with Crippen LogP contribution in [0, 0.1) is 0 Å². The number of primary amides is 1. The molecule has 0 aromatic rings. The van der Waals surface area contributed by atoms with E-state index >= 15 is 0 Å². The number of nitrogens with two attached hydrogens (primary N) is 1. The molecule has 1 amide bonds. The van der Waals surface area contributed by atoms with Gasteiger partial charge in [0.05, 0.1) is 18.1 Å². The van der Waals surface area contributed by atoms with Gasteiger partial charge in [-0.15, -0.1) is 12.4 Å². The highest BCUT2D eigenvalue weighted by atomic mass is 35.5. The first kappa shape index (κ1) is 12.7. The fourth-order valence-corrected chi connectivity index (χ4v) is 1.41. The van der Waals surface area contributed by atoms with Gasteiger partial charge in [0, 0.05) is 13.1 Å². The van der Waals surface area contributed by atoms with Gasteiger partial charge in [0.1, 0.15) is 0 Å². The lowest BCUT2D eigenvalue weighted by atomic mass is 10.1. The van der Waals surface area contributed by atoms with Crippen LogP contribution in [0.1, 0.15) is 20.3 Å². The number of nitrogens with one attached hydrogen (secondary N) is 1. The first-order valence-electron chi connectivity index (χ1n) is 4.16. The second kappa shape index (κ2) is 4.79. The Labute approximate surface area is 84.6 Å². The van der Waals surface area contributed by atoms with Crippen molar-refractivity contribution in [3.8, 4) is 0 Å². The lowest BCUT2D eigenvalue weighted by molar-refractivity contribution is -0.129. The molecule has 1 heterocycles. The number of hydrogen-bond donors (Lipinski definition) is 2. The van der Waals surface area contributed by atoms with Crippen molar-refractivity contribution < 1.29 is 9.53 Å². The van der Waals surface area contributed by atoms with E-state index in [-0.39, 0.29) is 30.0 Å². The predicted molar refractivity (Wildman–Crippen MR) is 52.9 cm³/mol. The number of hydrogen-bond acceptors (Lipinski definition) is 3. The van der Waals surface area contributed by atoms with E-state index in [0.717, 1.165) is 6.54 Å². The Balaban J connectivity index is 0.00000144. The van der Waals surface area contributed by atoms with Crippen molar-refractivity contribution in [1.82, 2.24) is 5.32 Å². The second-order valence-corrected chi connectivity index (χ2v) is 3.80. The summed E-state index contributed by atoms with van der Waals surface area (Å²) in [7, 11) is 0. The van der Waals surface area contributed by atoms with Crippen LogP contribution in [-0.4, -0.2) is 30.7 Å². The molecular formula is C8H17ClN2O2. The molecule has 0 aromatic heterocycles. The normalized spacial score (nSPS) is 26.2. The molecule has 0 spiro atoms. The largest absolute Gasteiger partial charge is 0.370 e. The third-order valence-corrected chi connectivity index (χ3v) is 1.84. The summed E-state index contributed by atoms with van der Waals surface area (Å²) in [5, 5.41) is 3.20. The van der Waals surface area contributed by atoms with Crippen LogP contribution in [0.25, 0.3) is 0 Å². The van der Waals surface area contributed by atoms with E-state index in [2.05, 4.69) is 5.32 Å². The number of halogens is 1. The average Bonchev–Trinajstić information content (AvgIpc) is 1.82. The summed E-state index contributed by atoms with van der Waals surface area (Å²) in [5.41, 5.74) is 4.88. The molecule has 1 aliphatic rings. The highest BCUT2D eigenvalue weighted by molar-refractivity contribution is 5.85. The molecule has 0 saturated carbocycles. The summed E-state index contributed by atoms with van der Waals surface area (Å²) in [6.07, 6.45) is 0.238. The van der Waals surface area contributed by atoms with Crippen LogP contribution in [0.15, 0.2) is 0 Å². The van der Waals surface area contributed by atoms with Crippen LogP contribution in [0.4, 0.5) is 0 Å². The van der Waals surface area contributed by atoms with Crippen LogP contribution in [0.5, 0.6) is 0 Å². The van der Waals surface area contributed by atoms with E-state index in [9.17, 15) is 4.79 Å². The Hall–Kier alpha value is -0.320. The van der Waals surface area contributed by atoms with E-state index in [1.54, 1.807) is 0 Å². The van der Waals surface area contributed by atoms with Crippen molar-refractivity contribution in [2.75, 3.05) is 13.1 Å². The topological polar surface area (TPSA) is 64.3 Å². The van der Waals surface area contributed by atoms with Crippen molar-refractivity contribution in [1.29, 1.82) is 0 Å². The molecule has 13 heavy (non-hydrogen) atoms. The molecule has 1 aliphatic heterocycles. The number of ether oxygens (including phenoxy) is 1. The van der Waals surface area contributed by atoms with Crippen molar-refractivity contribution in [2.24, 2.45) is 5.73 Å². The maximum Gasteiger partial charge on any atom is 0.220 e. The van der Waals surface area contributed by atoms with Gasteiger partial charge in [-0.2, -0.15) is 0 Å². The van der Waals surface area contributed by atoms with Gasteiger partial charge in [0.2, 0.25) is 5.91 Å². The maximum absolute atomic E-state index is 10.6. The molecule has 0 bridgehead atoms. The van der Waals surface area contributed by atoms with Gasteiger partial charge < -0.3 is 15.8 Å². The van der Waals surface area contributed by atoms with Gasteiger partial charge >= 0.3 is 0 Å². The van der Waals surface area contributed by atoms with E-state index in [1.807, 2.05) is 13.8 Å². The molecule has 1 fully saturated rings. The van der Waals surface area contributed by atoms with Crippen molar-refractivity contribution in [3.05, 3.63) is 0 Å². The molecule has 1 unspecified atom stereocenters. The molecule has 1 saturated heterocycles. The monoisotopic (exact) mass is 208 g/mol. The van der Waals surface area contributed by atoms with Gasteiger partial charge in [0.25, 0.3) is 0 Å². The smallest absolute Gasteiger partial charge is 0.220 e. The molecule has 4 nitrogen and oxygen atoms in total. The SMILES string of the molecule is CC1(C)CNCC(CC(N)=O)O1.Cl. The summed E-state index contributed by atoms with van der Waals surface area (Å²) in [4.78, 5) is 10.6. The minimum Gasteiger partial charge on any atom is -0.370 e. The van der Waals surface area contributed by atoms with Crippen LogP contribution < -0.4 is 11.1 Å². The zero-order valence-electron chi connectivity index (χ0n) is 8.00. The highest BCUT2D eigenvalue weighted by Crippen LogP contribution is 2.16. The number of carbonyl (C=O) groups excluding carboxylic acids is 1. The maximum atomic E-state index is 10.6. The molecule has 78 valence electrons. The van der Waals surface area contributed by atoms with Gasteiger partial charge in [-0.3, -0.25) is 4.79 Å². The lowest BCUT2D eigenvalue weighted by Crippen LogP contribution is -2.51. The third kappa shape index (κ3) is 4.45. The van der Waals surface area contributed by atoms with Crippen molar-refractivity contribution in [3.63, 3.8) is 0 Å². The van der Waals surface area contributed by atoms with Crippen LogP contribution in [-0.2, 0) is 9.53 Å². The minimum absolute atomic E-state index is 0. The molecule has 0 aliphatic carbocycles. The Morgan fingerprint density at radius 3 is 2.77 bits per heavy atom. The zero-order chi connectivity index (χ0) is 9.19. The Kier molecular flexibility index (Phi) is 4.67. The van der Waals surface area contributed by atoms with E-state index in [1.165, 1.54) is 0 Å². The molecule has 0 aromatic carbocycles. The molecule has 3 N–H and O–H groups in total. The van der Waals surface area contributed by atoms with E-state index in [4.69, 9.17) is 10.5 Å². The number of morpholine rings is 1. The van der Waals surface area contributed by atoms with Crippen LogP contribution in [0.2, 0.25) is 0 Å². The molecule has 0 radical (unpaired) electrons. The second-order valence-electron chi connectivity index (χ2n) is 3.80. The quantitative estimate of drug-likeness (QED) is 0.674. The van der Waals surface area contributed by atoms with Gasteiger partial charge in [-0.05, 0) is 13.8 Å². The summed E-state index contributed by atoms with van der Waals surface area (Å²) < 4.78 is 5.62. The first-order valence-corrected chi connectivity index (χ1v) is 4.16. The van der Waals surface area contributed by atoms with E-state index in [0.29, 0.717) is 13.0 Å². The highest BCUT2D eigenvalue weighted by Gasteiger charge is 2.28. The molecule has 5 heteroatoms. The summed E-state index contributed by atoms with van der Waals surface area (Å²) in [5.74, 6) is -0.306.